The van der Waals surface area contributed by atoms with Crippen molar-refractivity contribution in [3.8, 4) is 22.6 Å². The van der Waals surface area contributed by atoms with Gasteiger partial charge in [0.25, 0.3) is 5.91 Å². The normalized spacial score (nSPS) is 13.8. The molecule has 0 radical (unpaired) electrons. The second kappa shape index (κ2) is 9.24. The molecule has 1 aromatic heterocycles. The smallest absolute Gasteiger partial charge is 0.253 e. The average Bonchev–Trinajstić information content (AvgIpc) is 2.84. The molecule has 1 amide bonds. The zero-order valence-electron chi connectivity index (χ0n) is 17.8. The van der Waals surface area contributed by atoms with Crippen molar-refractivity contribution >= 4 is 11.7 Å². The minimum atomic E-state index is -0.0554. The number of anilines is 1. The first kappa shape index (κ1) is 21.0. The molecule has 7 nitrogen and oxygen atoms in total. The number of benzene rings is 2. The van der Waals surface area contributed by atoms with Gasteiger partial charge in [-0.2, -0.15) is 0 Å². The average molecular weight is 418 g/mol. The molecule has 3 aromatic rings. The van der Waals surface area contributed by atoms with Crippen molar-refractivity contribution in [1.29, 1.82) is 0 Å². The fraction of sp³-hybridized carbons (Fsp3) is 0.292. The highest BCUT2D eigenvalue weighted by Crippen LogP contribution is 2.28. The number of nitrogens with zero attached hydrogens (tertiary/aromatic N) is 4. The number of carbonyl (C=O) groups is 1. The second-order valence-corrected chi connectivity index (χ2v) is 7.67. The van der Waals surface area contributed by atoms with E-state index in [9.17, 15) is 9.90 Å². The minimum Gasteiger partial charge on any atom is -0.392 e. The molecule has 31 heavy (non-hydrogen) atoms. The van der Waals surface area contributed by atoms with E-state index < -0.39 is 0 Å². The molecule has 2 aromatic carbocycles. The Labute approximate surface area is 181 Å². The van der Waals surface area contributed by atoms with Gasteiger partial charge in [-0.1, -0.05) is 30.3 Å². The van der Waals surface area contributed by atoms with E-state index in [1.54, 1.807) is 19.0 Å². The summed E-state index contributed by atoms with van der Waals surface area (Å²) in [6.45, 7) is 2.78. The summed E-state index contributed by atoms with van der Waals surface area (Å²) in [6, 6.07) is 17.0. The van der Waals surface area contributed by atoms with E-state index in [2.05, 4.69) is 4.90 Å². The van der Waals surface area contributed by atoms with Crippen LogP contribution in [0, 0.1) is 0 Å². The Kier molecular flexibility index (Phi) is 6.25. The van der Waals surface area contributed by atoms with Crippen LogP contribution in [0.1, 0.15) is 15.9 Å². The second-order valence-electron chi connectivity index (χ2n) is 7.67. The maximum Gasteiger partial charge on any atom is 0.253 e. The standard InChI is InChI=1S/C24H26N4O3/c1-27(2)24(30)20-8-4-6-18(14-20)21-15-22(28-9-11-31-12-10-28)26-23(25-21)19-7-3-5-17(13-19)16-29/h3-8,13-15,29H,9-12,16H2,1-2H3. The number of rotatable bonds is 5. The van der Waals surface area contributed by atoms with Crippen molar-refractivity contribution in [1.82, 2.24) is 14.9 Å². The SMILES string of the molecule is CN(C)C(=O)c1cccc(-c2cc(N3CCOCC3)nc(-c3cccc(CO)c3)n2)c1. The molecule has 2 heterocycles. The molecule has 1 saturated heterocycles. The van der Waals surface area contributed by atoms with E-state index in [0.717, 1.165) is 41.3 Å². The van der Waals surface area contributed by atoms with Crippen molar-refractivity contribution in [2.75, 3.05) is 45.3 Å². The molecule has 1 N–H and O–H groups in total. The predicted octanol–water partition coefficient (Wildman–Crippen LogP) is 2.84. The Hall–Kier alpha value is -3.29. The topological polar surface area (TPSA) is 78.8 Å². The summed E-state index contributed by atoms with van der Waals surface area (Å²) in [5.41, 5.74) is 3.85. The van der Waals surface area contributed by atoms with Crippen LogP contribution in [0.15, 0.2) is 54.6 Å². The molecule has 1 fully saturated rings. The van der Waals surface area contributed by atoms with Crippen molar-refractivity contribution in [2.45, 2.75) is 6.61 Å². The van der Waals surface area contributed by atoms with Gasteiger partial charge in [0.05, 0.1) is 25.5 Å². The third kappa shape index (κ3) is 4.73. The molecule has 7 heteroatoms. The summed E-state index contributed by atoms with van der Waals surface area (Å²) in [5, 5.41) is 9.53. The summed E-state index contributed by atoms with van der Waals surface area (Å²) in [4.78, 5) is 25.8. The highest BCUT2D eigenvalue weighted by molar-refractivity contribution is 5.95. The van der Waals surface area contributed by atoms with Crippen LogP contribution in [-0.2, 0) is 11.3 Å². The molecular weight excluding hydrogens is 392 g/mol. The van der Waals surface area contributed by atoms with Gasteiger partial charge in [-0.25, -0.2) is 9.97 Å². The Morgan fingerprint density at radius 3 is 2.52 bits per heavy atom. The molecule has 1 aliphatic rings. The fourth-order valence-corrected chi connectivity index (χ4v) is 3.54. The molecule has 0 aliphatic carbocycles. The Bertz CT molecular complexity index is 1080. The lowest BCUT2D eigenvalue weighted by atomic mass is 10.1. The summed E-state index contributed by atoms with van der Waals surface area (Å²) in [6.07, 6.45) is 0. The minimum absolute atomic E-state index is 0.0431. The lowest BCUT2D eigenvalue weighted by Crippen LogP contribution is -2.36. The van der Waals surface area contributed by atoms with Crippen LogP contribution >= 0.6 is 0 Å². The van der Waals surface area contributed by atoms with Crippen LogP contribution in [0.2, 0.25) is 0 Å². The molecule has 0 bridgehead atoms. The van der Waals surface area contributed by atoms with Gasteiger partial charge in [-0.15, -0.1) is 0 Å². The number of aliphatic hydroxyl groups excluding tert-OH is 1. The maximum absolute atomic E-state index is 12.4. The molecule has 1 aliphatic heterocycles. The first-order chi connectivity index (χ1) is 15.0. The fourth-order valence-electron chi connectivity index (χ4n) is 3.54. The number of carbonyl (C=O) groups excluding carboxylic acids is 1. The maximum atomic E-state index is 12.4. The van der Waals surface area contributed by atoms with Crippen LogP contribution < -0.4 is 4.90 Å². The van der Waals surface area contributed by atoms with Gasteiger partial charge in [-0.05, 0) is 23.8 Å². The van der Waals surface area contributed by atoms with Crippen LogP contribution in [0.4, 0.5) is 5.82 Å². The van der Waals surface area contributed by atoms with E-state index >= 15 is 0 Å². The third-order valence-corrected chi connectivity index (χ3v) is 5.23. The number of hydrogen-bond acceptors (Lipinski definition) is 6. The lowest BCUT2D eigenvalue weighted by molar-refractivity contribution is 0.0827. The Morgan fingerprint density at radius 2 is 1.77 bits per heavy atom. The number of aromatic nitrogens is 2. The lowest BCUT2D eigenvalue weighted by Gasteiger charge is -2.28. The molecule has 0 unspecified atom stereocenters. The van der Waals surface area contributed by atoms with Crippen LogP contribution in [0.5, 0.6) is 0 Å². The molecular formula is C24H26N4O3. The van der Waals surface area contributed by atoms with Crippen LogP contribution in [-0.4, -0.2) is 66.3 Å². The van der Waals surface area contributed by atoms with Crippen molar-refractivity contribution in [3.63, 3.8) is 0 Å². The largest absolute Gasteiger partial charge is 0.392 e. The van der Waals surface area contributed by atoms with E-state index in [0.29, 0.717) is 24.6 Å². The van der Waals surface area contributed by atoms with Gasteiger partial charge >= 0.3 is 0 Å². The summed E-state index contributed by atoms with van der Waals surface area (Å²) in [7, 11) is 3.48. The van der Waals surface area contributed by atoms with Crippen LogP contribution in [0.3, 0.4) is 0 Å². The van der Waals surface area contributed by atoms with Crippen LogP contribution in [0.25, 0.3) is 22.6 Å². The van der Waals surface area contributed by atoms with Gasteiger partial charge in [0, 0.05) is 49.9 Å². The van der Waals surface area contributed by atoms with Gasteiger partial charge in [0.15, 0.2) is 5.82 Å². The van der Waals surface area contributed by atoms with Gasteiger partial charge in [-0.3, -0.25) is 4.79 Å². The Balaban J connectivity index is 1.81. The molecule has 0 saturated carbocycles. The summed E-state index contributed by atoms with van der Waals surface area (Å²) >= 11 is 0. The highest BCUT2D eigenvalue weighted by Gasteiger charge is 2.17. The number of morpholine rings is 1. The van der Waals surface area contributed by atoms with Gasteiger partial charge in [0.1, 0.15) is 5.82 Å². The molecule has 4 rings (SSSR count). The number of aliphatic hydroxyl groups is 1. The Morgan fingerprint density at radius 1 is 1.03 bits per heavy atom. The zero-order chi connectivity index (χ0) is 21.8. The third-order valence-electron chi connectivity index (χ3n) is 5.23. The number of ether oxygens (including phenoxy) is 1. The van der Waals surface area contributed by atoms with Crippen molar-refractivity contribution in [3.05, 3.63) is 65.7 Å². The van der Waals surface area contributed by atoms with E-state index in [1.165, 1.54) is 0 Å². The van der Waals surface area contributed by atoms with E-state index in [-0.39, 0.29) is 12.5 Å². The zero-order valence-corrected chi connectivity index (χ0v) is 17.8. The van der Waals surface area contributed by atoms with Gasteiger partial charge < -0.3 is 19.6 Å². The molecule has 0 atom stereocenters. The summed E-state index contributed by atoms with van der Waals surface area (Å²) < 4.78 is 5.49. The van der Waals surface area contributed by atoms with Crippen molar-refractivity contribution < 1.29 is 14.6 Å². The molecule has 160 valence electrons. The highest BCUT2D eigenvalue weighted by atomic mass is 16.5. The number of amides is 1. The van der Waals surface area contributed by atoms with Gasteiger partial charge in [0.2, 0.25) is 0 Å². The monoisotopic (exact) mass is 418 g/mol. The van der Waals surface area contributed by atoms with Crippen molar-refractivity contribution in [2.24, 2.45) is 0 Å². The quantitative estimate of drug-likeness (QED) is 0.687. The predicted molar refractivity (Wildman–Crippen MR) is 120 cm³/mol. The van der Waals surface area contributed by atoms with E-state index in [4.69, 9.17) is 14.7 Å². The van der Waals surface area contributed by atoms with E-state index in [1.807, 2.05) is 54.6 Å². The first-order valence-electron chi connectivity index (χ1n) is 10.3. The number of hydrogen-bond donors (Lipinski definition) is 1. The first-order valence-corrected chi connectivity index (χ1v) is 10.3. The molecule has 0 spiro atoms. The summed E-state index contributed by atoms with van der Waals surface area (Å²) in [5.74, 6) is 1.35.